The van der Waals surface area contributed by atoms with Crippen LogP contribution in [-0.4, -0.2) is 55.6 Å². The zero-order valence-corrected chi connectivity index (χ0v) is 71.5. The van der Waals surface area contributed by atoms with Crippen molar-refractivity contribution in [1.29, 1.82) is 0 Å². The molecule has 10 saturated carbocycles. The summed E-state index contributed by atoms with van der Waals surface area (Å²) in [7, 11) is 0. The molecule has 10 fully saturated rings. The van der Waals surface area contributed by atoms with E-state index in [-0.39, 0.29) is 67.6 Å². The van der Waals surface area contributed by atoms with E-state index in [0.717, 1.165) is 94.3 Å². The Hall–Kier alpha value is -1.89. The van der Waals surface area contributed by atoms with E-state index in [2.05, 4.69) is 111 Å². The van der Waals surface area contributed by atoms with Crippen LogP contribution in [0.15, 0.2) is 0 Å². The summed E-state index contributed by atoms with van der Waals surface area (Å²) in [6.07, 6.45) is -27.8. The van der Waals surface area contributed by atoms with E-state index < -0.39 is 128 Å². The summed E-state index contributed by atoms with van der Waals surface area (Å²) in [5, 5.41) is 0. The second-order valence-corrected chi connectivity index (χ2v) is 40.2. The second kappa shape index (κ2) is 43.1. The molecular weight excluding hydrogens is 1530 g/mol. The number of alkyl halides is 27. The fourth-order valence-electron chi connectivity index (χ4n) is 16.4. The Bertz CT molecular complexity index is 2460. The number of hydrogen-bond donors (Lipinski definition) is 0. The second-order valence-electron chi connectivity index (χ2n) is 40.2. The van der Waals surface area contributed by atoms with Gasteiger partial charge < -0.3 is 0 Å². The molecule has 0 aromatic heterocycles. The van der Waals surface area contributed by atoms with E-state index >= 15 is 0 Å². The largest absolute Gasteiger partial charge is 0.403 e. The Kier molecular flexibility index (Phi) is 42.3. The van der Waals surface area contributed by atoms with Gasteiger partial charge in [0.25, 0.3) is 0 Å². The van der Waals surface area contributed by atoms with E-state index in [1.54, 1.807) is 13.8 Å². The zero-order valence-electron chi connectivity index (χ0n) is 71.5. The van der Waals surface area contributed by atoms with Crippen LogP contribution in [0.5, 0.6) is 0 Å². The summed E-state index contributed by atoms with van der Waals surface area (Å²) in [6, 6.07) is 0. The first kappa shape index (κ1) is 110. The van der Waals surface area contributed by atoms with Gasteiger partial charge in [-0.3, -0.25) is 0 Å². The minimum atomic E-state index is -5.20. The molecule has 1 spiro atoms. The first-order chi connectivity index (χ1) is 49.9. The van der Waals surface area contributed by atoms with Crippen molar-refractivity contribution in [3.63, 3.8) is 0 Å². The Balaban J connectivity index is 0.00000125. The van der Waals surface area contributed by atoms with Crippen molar-refractivity contribution in [1.82, 2.24) is 0 Å². The highest BCUT2D eigenvalue weighted by atomic mass is 19.4. The summed E-state index contributed by atoms with van der Waals surface area (Å²) in [5.74, 6) is -0.282. The first-order valence-electron chi connectivity index (χ1n) is 41.5. The topological polar surface area (TPSA) is 0 Å². The standard InChI is InChI=1S/C14H20F6.C10H18.2C9H12F6.C9H15F3.2C8H13F3.C7H16.C6H14.C5H12/c1-10-2-4-11(5-3-10)6-8-12(9-7-11,13(15,16)17)14(18,19)20;1-8-7-9-3-5-10(8,2)6-4-9;1-6-2-4-7(5-3-6,8(10,11)12)9(13,14)15;1-6-4-2-3-5-7(6,8(10,11)12)9(13,14)15;1-6-4-3-5-8(7(6)2)9(10,11)12;1-6-2-4-7(5-3-6)8(9,10)11;1-6-3-2-4-7(5-6)8(9,10)11;1-6(2)7(3,4)5;1-5-6(2,3)4;1-5(2,3)4/h10H,2-9H2,1H3;8-9H,3-7H2,1-2H3;2*6H,2-5H2,1H3;6-8H,3-5H2,1-2H3;2*6-7H,2-5H2,1H3;6H,1-5H3;5H2,1-4H3;1-4H3/t;;;6-;6?,7-,8?;;6-,7?;;;/m...11.1.../s1. The lowest BCUT2D eigenvalue weighted by atomic mass is 9.57. The lowest BCUT2D eigenvalue weighted by Crippen LogP contribution is -2.55. The molecule has 0 N–H and O–H groups in total. The van der Waals surface area contributed by atoms with Crippen molar-refractivity contribution in [3.8, 4) is 0 Å². The molecule has 10 aliphatic rings. The van der Waals surface area contributed by atoms with Gasteiger partial charge in [0.1, 0.15) is 0 Å². The molecule has 0 aromatic rings. The van der Waals surface area contributed by atoms with Crippen LogP contribution in [0.2, 0.25) is 0 Å². The van der Waals surface area contributed by atoms with Gasteiger partial charge in [-0.25, -0.2) is 0 Å². The fourth-order valence-corrected chi connectivity index (χ4v) is 16.4. The van der Waals surface area contributed by atoms with Crippen LogP contribution >= 0.6 is 0 Å². The van der Waals surface area contributed by atoms with E-state index in [1.165, 1.54) is 38.5 Å². The Morgan fingerprint density at radius 3 is 0.946 bits per heavy atom. The molecule has 27 heteroatoms. The van der Waals surface area contributed by atoms with Crippen molar-refractivity contribution in [2.75, 3.05) is 0 Å². The monoisotopic (exact) mass is 1680 g/mol. The van der Waals surface area contributed by atoms with Crippen molar-refractivity contribution < 1.29 is 119 Å². The van der Waals surface area contributed by atoms with Crippen LogP contribution in [0.1, 0.15) is 364 Å². The van der Waals surface area contributed by atoms with E-state index in [1.807, 2.05) is 20.8 Å². The molecule has 112 heavy (non-hydrogen) atoms. The van der Waals surface area contributed by atoms with Crippen LogP contribution < -0.4 is 0 Å². The maximum Gasteiger partial charge on any atom is 0.403 e. The lowest BCUT2D eigenvalue weighted by Gasteiger charge is -2.49. The fraction of sp³-hybridized carbons (Fsp3) is 1.00. The molecule has 7 atom stereocenters. The summed E-state index contributed by atoms with van der Waals surface area (Å²) in [6.45, 7) is 46.3. The summed E-state index contributed by atoms with van der Waals surface area (Å²) in [4.78, 5) is 0. The molecule has 0 nitrogen and oxygen atoms in total. The first-order valence-corrected chi connectivity index (χ1v) is 41.5. The van der Waals surface area contributed by atoms with Crippen LogP contribution in [-0.2, 0) is 0 Å². The molecule has 2 bridgehead atoms. The molecule has 674 valence electrons. The van der Waals surface area contributed by atoms with Gasteiger partial charge in [-0.05, 0) is 228 Å². The normalized spacial score (nSPS) is 29.4. The van der Waals surface area contributed by atoms with E-state index in [9.17, 15) is 119 Å². The minimum absolute atomic E-state index is 0.0106. The predicted molar refractivity (Wildman–Crippen MR) is 397 cm³/mol. The number of halogens is 27. The van der Waals surface area contributed by atoms with Gasteiger partial charge >= 0.3 is 55.6 Å². The predicted octanol–water partition coefficient (Wildman–Crippen LogP) is 35.3. The van der Waals surface area contributed by atoms with E-state index in [0.29, 0.717) is 66.6 Å². The highest BCUT2D eigenvalue weighted by molar-refractivity contribution is 5.03. The molecule has 0 amide bonds. The number of rotatable bonds is 0. The molecular formula is C85H145F27. The molecule has 0 radical (unpaired) electrons. The van der Waals surface area contributed by atoms with Crippen LogP contribution in [0.4, 0.5) is 119 Å². The molecule has 10 aliphatic carbocycles. The summed E-state index contributed by atoms with van der Waals surface area (Å²) < 4.78 is 338. The SMILES string of the molecule is CC(C)(C)C.CC(C)C(C)(C)C.CC1CC2CCC1(C)CC2.CC1CCC(C(F)(F)F)(C(F)(F)F)CC1.CC1CCC(C(F)(F)F)CC1.CC1CCC2(CC1)CCC(C(F)(F)F)(C(F)(F)F)CC2.CC1CCCC(C(F)(F)F)[C@@H]1C.CCC(C)(C)C.C[C@@H]1CCCC(C(F)(F)F)C1.C[C@@H]1CCCCC1(C(F)(F)F)C(F)(F)F. The van der Waals surface area contributed by atoms with Crippen molar-refractivity contribution in [2.24, 2.45) is 120 Å². The Morgan fingerprint density at radius 1 is 0.321 bits per heavy atom. The van der Waals surface area contributed by atoms with Crippen molar-refractivity contribution >= 4 is 0 Å². The molecule has 0 aliphatic heterocycles. The molecule has 0 heterocycles. The summed E-state index contributed by atoms with van der Waals surface area (Å²) >= 11 is 0. The van der Waals surface area contributed by atoms with Gasteiger partial charge in [0.2, 0.25) is 0 Å². The smallest absolute Gasteiger partial charge is 0.171 e. The third-order valence-corrected chi connectivity index (χ3v) is 27.0. The molecule has 0 saturated heterocycles. The Labute approximate surface area is 656 Å². The molecule has 4 unspecified atom stereocenters. The van der Waals surface area contributed by atoms with Crippen molar-refractivity contribution in [3.05, 3.63) is 0 Å². The molecule has 10 rings (SSSR count). The minimum Gasteiger partial charge on any atom is -0.171 e. The third kappa shape index (κ3) is 35.4. The van der Waals surface area contributed by atoms with E-state index in [4.69, 9.17) is 0 Å². The van der Waals surface area contributed by atoms with Crippen LogP contribution in [0.3, 0.4) is 0 Å². The summed E-state index contributed by atoms with van der Waals surface area (Å²) in [5.41, 5.74) is -8.42. The van der Waals surface area contributed by atoms with Crippen LogP contribution in [0, 0.1) is 120 Å². The number of hydrogen-bond acceptors (Lipinski definition) is 0. The quantitative estimate of drug-likeness (QED) is 0.212. The maximum atomic E-state index is 13.0. The van der Waals surface area contributed by atoms with Crippen molar-refractivity contribution in [2.45, 2.75) is 420 Å². The van der Waals surface area contributed by atoms with Gasteiger partial charge in [0.15, 0.2) is 16.2 Å². The average Bonchev–Trinajstić information content (AvgIpc) is 0.752. The van der Waals surface area contributed by atoms with Crippen LogP contribution in [0.25, 0.3) is 0 Å². The van der Waals surface area contributed by atoms with Gasteiger partial charge in [-0.2, -0.15) is 119 Å². The van der Waals surface area contributed by atoms with Gasteiger partial charge in [0, 0.05) is 0 Å². The maximum absolute atomic E-state index is 13.0. The van der Waals surface area contributed by atoms with Gasteiger partial charge in [-0.15, -0.1) is 0 Å². The highest BCUT2D eigenvalue weighted by Crippen LogP contribution is 2.65. The Morgan fingerprint density at radius 2 is 0.679 bits per heavy atom. The third-order valence-electron chi connectivity index (χ3n) is 27.0. The van der Waals surface area contributed by atoms with Gasteiger partial charge in [0.05, 0.1) is 17.8 Å². The zero-order chi connectivity index (χ0) is 88.3. The lowest BCUT2D eigenvalue weighted by molar-refractivity contribution is -0.364. The van der Waals surface area contributed by atoms with Gasteiger partial charge in [-0.1, -0.05) is 223 Å². The molecule has 0 aromatic carbocycles. The average molecular weight is 1680 g/mol. The highest BCUT2D eigenvalue weighted by Gasteiger charge is 2.74. The number of fused-ring (bicyclic) bond motifs is 3.